The van der Waals surface area contributed by atoms with Crippen LogP contribution >= 0.6 is 11.6 Å². The molecule has 1 aromatic carbocycles. The Kier molecular flexibility index (Phi) is 4.32. The Morgan fingerprint density at radius 1 is 1.17 bits per heavy atom. The van der Waals surface area contributed by atoms with E-state index in [0.29, 0.717) is 23.5 Å². The maximum Gasteiger partial charge on any atom is 0.132 e. The van der Waals surface area contributed by atoms with E-state index in [4.69, 9.17) is 26.4 Å². The lowest BCUT2D eigenvalue weighted by molar-refractivity contribution is 0.00619. The van der Waals surface area contributed by atoms with Crippen LogP contribution < -0.4 is 0 Å². The van der Waals surface area contributed by atoms with Gasteiger partial charge in [0.15, 0.2) is 0 Å². The molecule has 1 aliphatic carbocycles. The first-order valence-corrected chi connectivity index (χ1v) is 11.1. The fourth-order valence-electron chi connectivity index (χ4n) is 4.72. The zero-order valence-electron chi connectivity index (χ0n) is 17.0. The summed E-state index contributed by atoms with van der Waals surface area (Å²) in [6.45, 7) is 3.56. The zero-order valence-corrected chi connectivity index (χ0v) is 17.7. The van der Waals surface area contributed by atoms with Gasteiger partial charge in [0, 0.05) is 35.2 Å². The largest absolute Gasteiger partial charge is 0.378 e. The smallest absolute Gasteiger partial charge is 0.132 e. The molecule has 2 atom stereocenters. The predicted molar refractivity (Wildman–Crippen MR) is 117 cm³/mol. The molecular weight excluding hydrogens is 398 g/mol. The summed E-state index contributed by atoms with van der Waals surface area (Å²) >= 11 is 6.36. The van der Waals surface area contributed by atoms with E-state index in [9.17, 15) is 0 Å². The second kappa shape index (κ2) is 7.06. The lowest BCUT2D eigenvalue weighted by Gasteiger charge is -2.30. The summed E-state index contributed by atoms with van der Waals surface area (Å²) in [6.07, 6.45) is 8.65. The number of fused-ring (bicyclic) bond motifs is 3. The number of hydrogen-bond donors (Lipinski definition) is 0. The summed E-state index contributed by atoms with van der Waals surface area (Å²) in [7, 11) is 0. The lowest BCUT2D eigenvalue weighted by atomic mass is 10.0. The molecule has 4 aromatic rings. The molecule has 4 heterocycles. The molecule has 0 radical (unpaired) electrons. The fourth-order valence-corrected chi connectivity index (χ4v) is 4.89. The second-order valence-electron chi connectivity index (χ2n) is 8.62. The Morgan fingerprint density at radius 2 is 2.07 bits per heavy atom. The third-order valence-electron chi connectivity index (χ3n) is 6.33. The highest BCUT2D eigenvalue weighted by Crippen LogP contribution is 2.39. The minimum atomic E-state index is 0.233. The topological polar surface area (TPSA) is 57.8 Å². The number of nitrogens with zero attached hydrogens (tertiary/aromatic N) is 5. The van der Waals surface area contributed by atoms with Crippen LogP contribution in [-0.2, 0) is 11.3 Å². The molecule has 30 heavy (non-hydrogen) atoms. The molecule has 1 aliphatic heterocycles. The average molecular weight is 422 g/mol. The van der Waals surface area contributed by atoms with Crippen molar-refractivity contribution in [1.82, 2.24) is 24.3 Å². The number of benzene rings is 1. The van der Waals surface area contributed by atoms with Crippen molar-refractivity contribution in [3.8, 4) is 0 Å². The third kappa shape index (κ3) is 3.19. The molecule has 2 aliphatic rings. The van der Waals surface area contributed by atoms with Gasteiger partial charge >= 0.3 is 0 Å². The Morgan fingerprint density at radius 3 is 2.90 bits per heavy atom. The van der Waals surface area contributed by atoms with E-state index in [2.05, 4.69) is 28.7 Å². The average Bonchev–Trinajstić information content (AvgIpc) is 3.37. The molecule has 6 rings (SSSR count). The van der Waals surface area contributed by atoms with Crippen molar-refractivity contribution >= 4 is 33.5 Å². The van der Waals surface area contributed by atoms with Crippen molar-refractivity contribution in [3.05, 3.63) is 53.2 Å². The van der Waals surface area contributed by atoms with Gasteiger partial charge in [0.25, 0.3) is 0 Å². The third-order valence-corrected chi connectivity index (χ3v) is 6.57. The van der Waals surface area contributed by atoms with Gasteiger partial charge in [-0.2, -0.15) is 5.10 Å². The van der Waals surface area contributed by atoms with Gasteiger partial charge in [-0.25, -0.2) is 4.98 Å². The molecule has 1 saturated heterocycles. The van der Waals surface area contributed by atoms with Crippen LogP contribution in [0.2, 0.25) is 5.02 Å². The zero-order chi connectivity index (χ0) is 20.2. The van der Waals surface area contributed by atoms with Crippen LogP contribution in [0.4, 0.5) is 0 Å². The molecule has 3 aromatic heterocycles. The standard InChI is InChI=1S/C23H24ClN5O/c1-14-10-17(7-9-30-14)29-22(13-28-8-6-19(27-28)15-2-3-15)26-21-12-25-20-5-4-16(24)11-18(20)23(21)29/h4-6,8,11-12,14-15,17H,2-3,7,9-10,13H2,1H3/t14-,17-/m1/s1. The van der Waals surface area contributed by atoms with Crippen molar-refractivity contribution in [2.45, 2.75) is 57.2 Å². The van der Waals surface area contributed by atoms with Crippen LogP contribution in [0.5, 0.6) is 0 Å². The van der Waals surface area contributed by atoms with Crippen LogP contribution in [0.15, 0.2) is 36.7 Å². The van der Waals surface area contributed by atoms with Crippen molar-refractivity contribution in [2.24, 2.45) is 0 Å². The van der Waals surface area contributed by atoms with E-state index >= 15 is 0 Å². The minimum Gasteiger partial charge on any atom is -0.378 e. The Bertz CT molecular complexity index is 1240. The van der Waals surface area contributed by atoms with Gasteiger partial charge in [0.1, 0.15) is 11.3 Å². The number of pyridine rings is 1. The number of ether oxygens (including phenoxy) is 1. The number of aromatic nitrogens is 5. The minimum absolute atomic E-state index is 0.233. The van der Waals surface area contributed by atoms with Gasteiger partial charge < -0.3 is 9.30 Å². The normalized spacial score (nSPS) is 22.2. The SMILES string of the molecule is C[C@@H]1C[C@H](n2c(Cn3ccc(C4CC4)n3)nc3cnc4ccc(Cl)cc4c32)CCO1. The quantitative estimate of drug-likeness (QED) is 0.460. The van der Waals surface area contributed by atoms with Gasteiger partial charge in [-0.1, -0.05) is 11.6 Å². The van der Waals surface area contributed by atoms with Crippen molar-refractivity contribution in [2.75, 3.05) is 6.61 Å². The fraction of sp³-hybridized carbons (Fsp3) is 0.435. The summed E-state index contributed by atoms with van der Waals surface area (Å²) < 4.78 is 10.3. The highest BCUT2D eigenvalue weighted by Gasteiger charge is 2.28. The van der Waals surface area contributed by atoms with E-state index in [1.807, 2.05) is 29.1 Å². The maximum absolute atomic E-state index is 6.36. The highest BCUT2D eigenvalue weighted by molar-refractivity contribution is 6.31. The molecule has 1 saturated carbocycles. The summed E-state index contributed by atoms with van der Waals surface area (Å²) in [5.41, 5.74) is 4.17. The van der Waals surface area contributed by atoms with E-state index in [1.165, 1.54) is 18.5 Å². The number of hydrogen-bond acceptors (Lipinski definition) is 4. The Labute approximate surface area is 179 Å². The van der Waals surface area contributed by atoms with Crippen LogP contribution in [0.1, 0.15) is 56.1 Å². The lowest BCUT2D eigenvalue weighted by Crippen LogP contribution is -2.27. The molecule has 0 bridgehead atoms. The molecule has 7 heteroatoms. The van der Waals surface area contributed by atoms with Gasteiger partial charge in [0.05, 0.1) is 35.6 Å². The molecule has 0 amide bonds. The Hall–Kier alpha value is -2.44. The van der Waals surface area contributed by atoms with E-state index in [0.717, 1.165) is 47.2 Å². The molecule has 0 N–H and O–H groups in total. The van der Waals surface area contributed by atoms with Crippen LogP contribution in [0, 0.1) is 0 Å². The predicted octanol–water partition coefficient (Wildman–Crippen LogP) is 5.10. The monoisotopic (exact) mass is 421 g/mol. The first-order chi connectivity index (χ1) is 14.7. The molecular formula is C23H24ClN5O. The number of halogens is 1. The highest BCUT2D eigenvalue weighted by atomic mass is 35.5. The van der Waals surface area contributed by atoms with Gasteiger partial charge in [0.2, 0.25) is 0 Å². The molecule has 2 fully saturated rings. The van der Waals surface area contributed by atoms with Crippen molar-refractivity contribution < 1.29 is 4.74 Å². The number of rotatable bonds is 4. The van der Waals surface area contributed by atoms with Crippen LogP contribution in [0.25, 0.3) is 21.9 Å². The summed E-state index contributed by atoms with van der Waals surface area (Å²) in [4.78, 5) is 9.64. The summed E-state index contributed by atoms with van der Waals surface area (Å²) in [5.74, 6) is 1.67. The summed E-state index contributed by atoms with van der Waals surface area (Å²) in [6, 6.07) is 8.37. The second-order valence-corrected chi connectivity index (χ2v) is 9.06. The first-order valence-electron chi connectivity index (χ1n) is 10.8. The van der Waals surface area contributed by atoms with Gasteiger partial charge in [-0.3, -0.25) is 9.67 Å². The van der Waals surface area contributed by atoms with Gasteiger partial charge in [-0.15, -0.1) is 0 Å². The maximum atomic E-state index is 6.36. The molecule has 6 nitrogen and oxygen atoms in total. The molecule has 154 valence electrons. The van der Waals surface area contributed by atoms with Crippen molar-refractivity contribution in [1.29, 1.82) is 0 Å². The number of imidazole rings is 1. The van der Waals surface area contributed by atoms with E-state index < -0.39 is 0 Å². The van der Waals surface area contributed by atoms with Gasteiger partial charge in [-0.05, 0) is 56.9 Å². The molecule has 0 spiro atoms. The van der Waals surface area contributed by atoms with E-state index in [-0.39, 0.29) is 6.10 Å². The van der Waals surface area contributed by atoms with Crippen molar-refractivity contribution in [3.63, 3.8) is 0 Å². The van der Waals surface area contributed by atoms with E-state index in [1.54, 1.807) is 0 Å². The first kappa shape index (κ1) is 18.3. The van der Waals surface area contributed by atoms with Crippen LogP contribution in [0.3, 0.4) is 0 Å². The molecule has 0 unspecified atom stereocenters. The summed E-state index contributed by atoms with van der Waals surface area (Å²) in [5, 5.41) is 6.59. The Balaban J connectivity index is 1.52. The van der Waals surface area contributed by atoms with Crippen LogP contribution in [-0.4, -0.2) is 37.0 Å².